The van der Waals surface area contributed by atoms with Gasteiger partial charge in [-0.25, -0.2) is 0 Å². The Bertz CT molecular complexity index is 714. The van der Waals surface area contributed by atoms with E-state index in [-0.39, 0.29) is 0 Å². The van der Waals surface area contributed by atoms with Gasteiger partial charge in [0.15, 0.2) is 0 Å². The molecule has 0 aliphatic heterocycles. The summed E-state index contributed by atoms with van der Waals surface area (Å²) in [5.74, 6) is 0. The molecular formula is C15H13BrOS2. The van der Waals surface area contributed by atoms with E-state index in [1.54, 1.807) is 22.7 Å². The predicted octanol–water partition coefficient (Wildman–Crippen LogP) is 5.37. The van der Waals surface area contributed by atoms with Crippen LogP contribution in [0.25, 0.3) is 10.1 Å². The van der Waals surface area contributed by atoms with Gasteiger partial charge in [-0.2, -0.15) is 0 Å². The van der Waals surface area contributed by atoms with Gasteiger partial charge in [0, 0.05) is 19.6 Å². The highest BCUT2D eigenvalue weighted by Gasteiger charge is 2.19. The average Bonchev–Trinajstić information content (AvgIpc) is 3.05. The third-order valence-corrected chi connectivity index (χ3v) is 6.27. The molecule has 1 nitrogen and oxygen atoms in total. The number of aryl methyl sites for hydroxylation is 1. The van der Waals surface area contributed by atoms with Gasteiger partial charge in [0.1, 0.15) is 6.10 Å². The molecule has 0 spiro atoms. The van der Waals surface area contributed by atoms with Gasteiger partial charge in [0.05, 0.1) is 0 Å². The maximum absolute atomic E-state index is 10.7. The molecule has 1 unspecified atom stereocenters. The van der Waals surface area contributed by atoms with Crippen LogP contribution in [0, 0.1) is 0 Å². The Hall–Kier alpha value is -0.680. The molecule has 1 aromatic carbocycles. The van der Waals surface area contributed by atoms with Crippen molar-refractivity contribution >= 4 is 48.7 Å². The lowest BCUT2D eigenvalue weighted by atomic mass is 10.0. The van der Waals surface area contributed by atoms with Crippen molar-refractivity contribution in [2.45, 2.75) is 19.4 Å². The summed E-state index contributed by atoms with van der Waals surface area (Å²) in [7, 11) is 0. The highest BCUT2D eigenvalue weighted by Crippen LogP contribution is 2.39. The number of benzene rings is 1. The second kappa shape index (κ2) is 5.37. The molecule has 0 aliphatic rings. The molecule has 0 bridgehead atoms. The fourth-order valence-corrected chi connectivity index (χ4v) is 4.91. The Labute approximate surface area is 128 Å². The molecule has 2 heterocycles. The number of aliphatic hydroxyl groups is 1. The Morgan fingerprint density at radius 2 is 2.11 bits per heavy atom. The van der Waals surface area contributed by atoms with E-state index in [0.29, 0.717) is 0 Å². The number of aliphatic hydroxyl groups excluding tert-OH is 1. The third kappa shape index (κ3) is 2.27. The molecule has 0 saturated carbocycles. The quantitative estimate of drug-likeness (QED) is 0.671. The number of hydrogen-bond donors (Lipinski definition) is 1. The maximum atomic E-state index is 10.7. The zero-order valence-corrected chi connectivity index (χ0v) is 13.6. The highest BCUT2D eigenvalue weighted by molar-refractivity contribution is 9.10. The van der Waals surface area contributed by atoms with Crippen LogP contribution >= 0.6 is 38.6 Å². The maximum Gasteiger partial charge on any atom is 0.115 e. The first-order valence-electron chi connectivity index (χ1n) is 6.12. The third-order valence-electron chi connectivity index (χ3n) is 3.29. The van der Waals surface area contributed by atoms with E-state index in [1.807, 2.05) is 12.1 Å². The fraction of sp³-hybridized carbons (Fsp3) is 0.200. The molecule has 0 amide bonds. The largest absolute Gasteiger partial charge is 0.383 e. The summed E-state index contributed by atoms with van der Waals surface area (Å²) in [5.41, 5.74) is 2.25. The molecule has 0 saturated heterocycles. The van der Waals surface area contributed by atoms with Gasteiger partial charge in [-0.1, -0.05) is 19.1 Å². The van der Waals surface area contributed by atoms with Gasteiger partial charge < -0.3 is 5.11 Å². The van der Waals surface area contributed by atoms with E-state index in [1.165, 1.54) is 10.3 Å². The van der Waals surface area contributed by atoms with Crippen molar-refractivity contribution in [3.8, 4) is 0 Å². The molecule has 98 valence electrons. The molecule has 1 N–H and O–H groups in total. The lowest BCUT2D eigenvalue weighted by Crippen LogP contribution is -1.99. The van der Waals surface area contributed by atoms with E-state index in [4.69, 9.17) is 0 Å². The molecule has 1 atom stereocenters. The van der Waals surface area contributed by atoms with Crippen LogP contribution < -0.4 is 0 Å². The molecule has 2 aromatic heterocycles. The molecule has 0 aliphatic carbocycles. The molecule has 0 fully saturated rings. The molecule has 19 heavy (non-hydrogen) atoms. The lowest BCUT2D eigenvalue weighted by Gasteiger charge is -2.10. The van der Waals surface area contributed by atoms with Gasteiger partial charge in [-0.3, -0.25) is 0 Å². The van der Waals surface area contributed by atoms with Gasteiger partial charge >= 0.3 is 0 Å². The molecule has 0 radical (unpaired) electrons. The summed E-state index contributed by atoms with van der Waals surface area (Å²) in [6.07, 6.45) is 0.444. The molecular weight excluding hydrogens is 340 g/mol. The average molecular weight is 353 g/mol. The van der Waals surface area contributed by atoms with Crippen molar-refractivity contribution in [2.75, 3.05) is 0 Å². The molecule has 3 aromatic rings. The van der Waals surface area contributed by atoms with Crippen molar-refractivity contribution in [2.24, 2.45) is 0 Å². The zero-order chi connectivity index (χ0) is 13.4. The van der Waals surface area contributed by atoms with Crippen LogP contribution in [0.3, 0.4) is 0 Å². The van der Waals surface area contributed by atoms with Crippen molar-refractivity contribution < 1.29 is 5.11 Å². The van der Waals surface area contributed by atoms with Crippen molar-refractivity contribution in [1.82, 2.24) is 0 Å². The number of fused-ring (bicyclic) bond motifs is 1. The number of rotatable bonds is 3. The summed E-state index contributed by atoms with van der Waals surface area (Å²) in [6.45, 7) is 2.13. The Kier molecular flexibility index (Phi) is 3.76. The van der Waals surface area contributed by atoms with Crippen LogP contribution in [0.15, 0.2) is 39.5 Å². The number of thiophene rings is 2. The Balaban J connectivity index is 2.12. The zero-order valence-electron chi connectivity index (χ0n) is 10.4. The van der Waals surface area contributed by atoms with E-state index in [2.05, 4.69) is 45.7 Å². The summed E-state index contributed by atoms with van der Waals surface area (Å²) in [5, 5.41) is 15.9. The summed E-state index contributed by atoms with van der Waals surface area (Å²) < 4.78 is 2.29. The summed E-state index contributed by atoms with van der Waals surface area (Å²) in [6, 6.07) is 8.24. The topological polar surface area (TPSA) is 20.2 Å². The first-order valence-corrected chi connectivity index (χ1v) is 8.67. The molecule has 4 heteroatoms. The van der Waals surface area contributed by atoms with Gasteiger partial charge in [0.25, 0.3) is 0 Å². The number of halogens is 1. The van der Waals surface area contributed by atoms with Crippen LogP contribution in [-0.4, -0.2) is 5.11 Å². The monoisotopic (exact) mass is 352 g/mol. The lowest BCUT2D eigenvalue weighted by molar-refractivity contribution is 0.225. The first-order chi connectivity index (χ1) is 9.22. The summed E-state index contributed by atoms with van der Waals surface area (Å²) in [4.78, 5) is 1.07. The Morgan fingerprint density at radius 3 is 2.89 bits per heavy atom. The van der Waals surface area contributed by atoms with Crippen LogP contribution in [-0.2, 0) is 6.42 Å². The van der Waals surface area contributed by atoms with Crippen molar-refractivity contribution in [3.05, 3.63) is 55.5 Å². The minimum atomic E-state index is -0.516. The SMILES string of the molecule is CCc1ccsc1C(O)c1csc2c(Br)cccc12. The predicted molar refractivity (Wildman–Crippen MR) is 87.3 cm³/mol. The number of hydrogen-bond acceptors (Lipinski definition) is 3. The first kappa shape index (κ1) is 13.3. The molecule has 3 rings (SSSR count). The van der Waals surface area contributed by atoms with Crippen molar-refractivity contribution in [1.29, 1.82) is 0 Å². The fourth-order valence-electron chi connectivity index (χ4n) is 2.27. The van der Waals surface area contributed by atoms with E-state index in [0.717, 1.165) is 26.7 Å². The van der Waals surface area contributed by atoms with Crippen LogP contribution in [0.1, 0.15) is 29.0 Å². The van der Waals surface area contributed by atoms with Gasteiger partial charge in [-0.15, -0.1) is 22.7 Å². The van der Waals surface area contributed by atoms with Crippen LogP contribution in [0.5, 0.6) is 0 Å². The Morgan fingerprint density at radius 1 is 1.26 bits per heavy atom. The second-order valence-corrected chi connectivity index (χ2v) is 7.06. The normalized spacial score (nSPS) is 13.0. The summed E-state index contributed by atoms with van der Waals surface area (Å²) >= 11 is 6.88. The van der Waals surface area contributed by atoms with Crippen molar-refractivity contribution in [3.63, 3.8) is 0 Å². The van der Waals surface area contributed by atoms with Crippen LogP contribution in [0.2, 0.25) is 0 Å². The van der Waals surface area contributed by atoms with Crippen LogP contribution in [0.4, 0.5) is 0 Å². The van der Waals surface area contributed by atoms with E-state index >= 15 is 0 Å². The van der Waals surface area contributed by atoms with Gasteiger partial charge in [-0.05, 0) is 56.2 Å². The second-order valence-electron chi connectivity index (χ2n) is 4.37. The van der Waals surface area contributed by atoms with E-state index < -0.39 is 6.10 Å². The standard InChI is InChI=1S/C15H13BrOS2/c1-2-9-6-7-18-14(9)13(17)11-8-19-15-10(11)4-3-5-12(15)16/h3-8,13,17H,2H2,1H3. The van der Waals surface area contributed by atoms with Gasteiger partial charge in [0.2, 0.25) is 0 Å². The highest BCUT2D eigenvalue weighted by atomic mass is 79.9. The smallest absolute Gasteiger partial charge is 0.115 e. The minimum absolute atomic E-state index is 0.516. The minimum Gasteiger partial charge on any atom is -0.383 e. The van der Waals surface area contributed by atoms with E-state index in [9.17, 15) is 5.11 Å².